The molecule has 6 heteroatoms. The van der Waals surface area contributed by atoms with Gasteiger partial charge in [0.25, 0.3) is 11.6 Å². The van der Waals surface area contributed by atoms with Gasteiger partial charge in [-0.25, -0.2) is 0 Å². The van der Waals surface area contributed by atoms with Crippen LogP contribution in [0, 0.1) is 10.1 Å². The summed E-state index contributed by atoms with van der Waals surface area (Å²) in [5.41, 5.74) is 1.33. The molecule has 120 valence electrons. The Morgan fingerprint density at radius 2 is 1.78 bits per heavy atom. The molecule has 0 aliphatic rings. The number of rotatable bonds is 6. The van der Waals surface area contributed by atoms with Gasteiger partial charge in [-0.2, -0.15) is 0 Å². The molecule has 0 aromatic heterocycles. The number of non-ortho nitro benzene ring substituents is 1. The number of nitrogens with one attached hydrogen (secondary N) is 1. The molecule has 23 heavy (non-hydrogen) atoms. The summed E-state index contributed by atoms with van der Waals surface area (Å²) in [4.78, 5) is 22.4. The molecule has 2 rings (SSSR count). The number of carbonyl (C=O) groups is 1. The standard InChI is InChI=1S/C17H18N2O4/c1-3-16(12-6-10-15(23-2)11-7-12)18-17(20)13-4-8-14(9-5-13)19(21)22/h4-11,16H,3H2,1-2H3,(H,18,20)/t16-/m1/s1. The van der Waals surface area contributed by atoms with Gasteiger partial charge in [0.05, 0.1) is 18.1 Å². The number of benzene rings is 2. The summed E-state index contributed by atoms with van der Waals surface area (Å²) in [6.07, 6.45) is 0.727. The summed E-state index contributed by atoms with van der Waals surface area (Å²) >= 11 is 0. The fourth-order valence-electron chi connectivity index (χ4n) is 2.23. The van der Waals surface area contributed by atoms with Gasteiger partial charge in [0.1, 0.15) is 5.75 Å². The molecule has 0 saturated carbocycles. The minimum absolute atomic E-state index is 0.0382. The topological polar surface area (TPSA) is 81.5 Å². The molecule has 0 heterocycles. The highest BCUT2D eigenvalue weighted by molar-refractivity contribution is 5.94. The van der Waals surface area contributed by atoms with Crippen molar-refractivity contribution in [2.45, 2.75) is 19.4 Å². The van der Waals surface area contributed by atoms with Crippen LogP contribution in [0.1, 0.15) is 35.3 Å². The third-order valence-electron chi connectivity index (χ3n) is 3.57. The zero-order chi connectivity index (χ0) is 16.8. The largest absolute Gasteiger partial charge is 0.497 e. The molecule has 0 aliphatic carbocycles. The molecule has 1 atom stereocenters. The van der Waals surface area contributed by atoms with Crippen LogP contribution in [0.4, 0.5) is 5.69 Å². The molecule has 0 spiro atoms. The summed E-state index contributed by atoms with van der Waals surface area (Å²) in [5, 5.41) is 13.6. The van der Waals surface area contributed by atoms with Gasteiger partial charge in [0.15, 0.2) is 0 Å². The molecule has 0 fully saturated rings. The minimum Gasteiger partial charge on any atom is -0.497 e. The molecule has 0 saturated heterocycles. The van der Waals surface area contributed by atoms with E-state index in [1.165, 1.54) is 24.3 Å². The predicted molar refractivity (Wildman–Crippen MR) is 86.6 cm³/mol. The summed E-state index contributed by atoms with van der Waals surface area (Å²) in [7, 11) is 1.60. The first-order valence-corrected chi connectivity index (χ1v) is 7.24. The molecule has 0 unspecified atom stereocenters. The van der Waals surface area contributed by atoms with Gasteiger partial charge in [-0.1, -0.05) is 19.1 Å². The van der Waals surface area contributed by atoms with Gasteiger partial charge in [-0.3, -0.25) is 14.9 Å². The quantitative estimate of drug-likeness (QED) is 0.653. The number of nitro groups is 1. The second kappa shape index (κ2) is 7.40. The monoisotopic (exact) mass is 314 g/mol. The Labute approximate surface area is 134 Å². The van der Waals surface area contributed by atoms with E-state index >= 15 is 0 Å². The first-order valence-electron chi connectivity index (χ1n) is 7.24. The van der Waals surface area contributed by atoms with Crippen molar-refractivity contribution in [1.82, 2.24) is 5.32 Å². The number of methoxy groups -OCH3 is 1. The fraction of sp³-hybridized carbons (Fsp3) is 0.235. The summed E-state index contributed by atoms with van der Waals surface area (Å²) in [6.45, 7) is 1.98. The zero-order valence-corrected chi connectivity index (χ0v) is 13.0. The highest BCUT2D eigenvalue weighted by Crippen LogP contribution is 2.21. The van der Waals surface area contributed by atoms with Crippen LogP contribution >= 0.6 is 0 Å². The smallest absolute Gasteiger partial charge is 0.269 e. The molecule has 0 radical (unpaired) electrons. The molecule has 1 N–H and O–H groups in total. The van der Waals surface area contributed by atoms with Crippen LogP contribution < -0.4 is 10.1 Å². The number of nitrogens with zero attached hydrogens (tertiary/aromatic N) is 1. The highest BCUT2D eigenvalue weighted by atomic mass is 16.6. The molecule has 0 aliphatic heterocycles. The number of amides is 1. The lowest BCUT2D eigenvalue weighted by Crippen LogP contribution is -2.28. The van der Waals surface area contributed by atoms with E-state index in [0.29, 0.717) is 5.56 Å². The van der Waals surface area contributed by atoms with E-state index in [1.54, 1.807) is 7.11 Å². The molecule has 0 bridgehead atoms. The van der Waals surface area contributed by atoms with Crippen molar-refractivity contribution >= 4 is 11.6 Å². The molecular weight excluding hydrogens is 296 g/mol. The lowest BCUT2D eigenvalue weighted by molar-refractivity contribution is -0.384. The molecular formula is C17H18N2O4. The molecule has 1 amide bonds. The Bertz CT molecular complexity index is 681. The summed E-state index contributed by atoms with van der Waals surface area (Å²) in [5.74, 6) is 0.493. The van der Waals surface area contributed by atoms with E-state index in [0.717, 1.165) is 17.7 Å². The zero-order valence-electron chi connectivity index (χ0n) is 13.0. The van der Waals surface area contributed by atoms with E-state index in [9.17, 15) is 14.9 Å². The van der Waals surface area contributed by atoms with Crippen molar-refractivity contribution in [2.24, 2.45) is 0 Å². The summed E-state index contributed by atoms with van der Waals surface area (Å²) < 4.78 is 5.12. The predicted octanol–water partition coefficient (Wildman–Crippen LogP) is 3.48. The van der Waals surface area contributed by atoms with Gasteiger partial charge in [0, 0.05) is 17.7 Å². The second-order valence-corrected chi connectivity index (χ2v) is 5.01. The SMILES string of the molecule is CC[C@@H](NC(=O)c1ccc([N+](=O)[O-])cc1)c1ccc(OC)cc1. The number of hydrogen-bond donors (Lipinski definition) is 1. The van der Waals surface area contributed by atoms with Gasteiger partial charge in [0.2, 0.25) is 0 Å². The van der Waals surface area contributed by atoms with Crippen molar-refractivity contribution in [3.8, 4) is 5.75 Å². The highest BCUT2D eigenvalue weighted by Gasteiger charge is 2.15. The van der Waals surface area contributed by atoms with Crippen molar-refractivity contribution in [3.05, 3.63) is 69.8 Å². The average Bonchev–Trinajstić information content (AvgIpc) is 2.59. The van der Waals surface area contributed by atoms with Gasteiger partial charge < -0.3 is 10.1 Å². The van der Waals surface area contributed by atoms with Crippen molar-refractivity contribution < 1.29 is 14.5 Å². The molecule has 2 aromatic rings. The van der Waals surface area contributed by atoms with Crippen LogP contribution in [0.2, 0.25) is 0 Å². The van der Waals surface area contributed by atoms with Gasteiger partial charge in [-0.15, -0.1) is 0 Å². The fourth-order valence-corrected chi connectivity index (χ4v) is 2.23. The number of carbonyl (C=O) groups excluding carboxylic acids is 1. The number of ether oxygens (including phenoxy) is 1. The second-order valence-electron chi connectivity index (χ2n) is 5.01. The Morgan fingerprint density at radius 1 is 1.17 bits per heavy atom. The van der Waals surface area contributed by atoms with E-state index in [-0.39, 0.29) is 17.6 Å². The van der Waals surface area contributed by atoms with Crippen LogP contribution in [0.25, 0.3) is 0 Å². The van der Waals surface area contributed by atoms with E-state index in [4.69, 9.17) is 4.74 Å². The van der Waals surface area contributed by atoms with Crippen LogP contribution in [0.3, 0.4) is 0 Å². The van der Waals surface area contributed by atoms with E-state index in [2.05, 4.69) is 5.32 Å². The van der Waals surface area contributed by atoms with E-state index in [1.807, 2.05) is 31.2 Å². The molecule has 6 nitrogen and oxygen atoms in total. The van der Waals surface area contributed by atoms with Crippen molar-refractivity contribution in [2.75, 3.05) is 7.11 Å². The van der Waals surface area contributed by atoms with Crippen molar-refractivity contribution in [1.29, 1.82) is 0 Å². The average molecular weight is 314 g/mol. The van der Waals surface area contributed by atoms with Crippen LogP contribution in [0.5, 0.6) is 5.75 Å². The lowest BCUT2D eigenvalue weighted by Gasteiger charge is -2.18. The Balaban J connectivity index is 2.10. The molecule has 2 aromatic carbocycles. The van der Waals surface area contributed by atoms with Gasteiger partial charge in [-0.05, 0) is 36.2 Å². The number of hydrogen-bond acceptors (Lipinski definition) is 4. The third kappa shape index (κ3) is 4.06. The number of nitro benzene ring substituents is 1. The van der Waals surface area contributed by atoms with Crippen molar-refractivity contribution in [3.63, 3.8) is 0 Å². The normalized spacial score (nSPS) is 11.6. The van der Waals surface area contributed by atoms with Gasteiger partial charge >= 0.3 is 0 Å². The minimum atomic E-state index is -0.492. The van der Waals surface area contributed by atoms with Crippen LogP contribution in [0.15, 0.2) is 48.5 Å². The van der Waals surface area contributed by atoms with Crippen LogP contribution in [-0.2, 0) is 0 Å². The maximum atomic E-state index is 12.3. The maximum absolute atomic E-state index is 12.3. The first-order chi connectivity index (χ1) is 11.0. The third-order valence-corrected chi connectivity index (χ3v) is 3.57. The summed E-state index contributed by atoms with van der Waals surface area (Å²) in [6, 6.07) is 12.9. The Morgan fingerprint density at radius 3 is 2.26 bits per heavy atom. The maximum Gasteiger partial charge on any atom is 0.269 e. The van der Waals surface area contributed by atoms with Crippen LogP contribution in [-0.4, -0.2) is 17.9 Å². The van der Waals surface area contributed by atoms with E-state index < -0.39 is 4.92 Å². The lowest BCUT2D eigenvalue weighted by atomic mass is 10.0. The first kappa shape index (κ1) is 16.5. The Hall–Kier alpha value is -2.89. The Kier molecular flexibility index (Phi) is 5.30.